The van der Waals surface area contributed by atoms with E-state index in [4.69, 9.17) is 0 Å². The number of carbonyl (C=O) groups is 2. The highest BCUT2D eigenvalue weighted by Gasteiger charge is 2.06. The molecule has 0 aliphatic heterocycles. The van der Waals surface area contributed by atoms with Crippen LogP contribution >= 0.6 is 0 Å². The van der Waals surface area contributed by atoms with Crippen LogP contribution in [0.1, 0.15) is 5.56 Å². The van der Waals surface area contributed by atoms with Crippen molar-refractivity contribution in [1.29, 1.82) is 0 Å². The summed E-state index contributed by atoms with van der Waals surface area (Å²) in [4.78, 5) is 22.3. The number of halogens is 1. The molecule has 0 bridgehead atoms. The molecule has 1 amide bonds. The van der Waals surface area contributed by atoms with Gasteiger partial charge in [0.15, 0.2) is 0 Å². The van der Waals surface area contributed by atoms with Crippen molar-refractivity contribution in [2.24, 2.45) is 0 Å². The predicted octanol–water partition coefficient (Wildman–Crippen LogP) is 1.03. The van der Waals surface area contributed by atoms with Crippen LogP contribution in [0.15, 0.2) is 24.3 Å². The van der Waals surface area contributed by atoms with Crippen molar-refractivity contribution in [3.05, 3.63) is 35.6 Å². The quantitative estimate of drug-likeness (QED) is 0.548. The summed E-state index contributed by atoms with van der Waals surface area (Å²) >= 11 is 0. The van der Waals surface area contributed by atoms with Gasteiger partial charge in [-0.3, -0.25) is 9.59 Å². The van der Waals surface area contributed by atoms with E-state index in [0.29, 0.717) is 13.0 Å². The van der Waals surface area contributed by atoms with Crippen LogP contribution in [0, 0.1) is 5.82 Å². The molecule has 1 aromatic rings. The second-order valence-electron chi connectivity index (χ2n) is 3.26. The Morgan fingerprint density at radius 3 is 2.87 bits per heavy atom. The van der Waals surface area contributed by atoms with Crippen LogP contribution in [0.4, 0.5) is 4.39 Å². The molecule has 1 aromatic carbocycles. The summed E-state index contributed by atoms with van der Waals surface area (Å²) in [6.45, 7) is 0.404. The van der Waals surface area contributed by atoms with Crippen LogP contribution in [-0.2, 0) is 16.0 Å². The summed E-state index contributed by atoms with van der Waals surface area (Å²) in [5, 5.41) is 0. The van der Waals surface area contributed by atoms with Gasteiger partial charge in [0.2, 0.25) is 6.29 Å². The fraction of sp³-hybridized carbons (Fsp3) is 0.273. The highest BCUT2D eigenvalue weighted by atomic mass is 19.1. The molecule has 3 nitrogen and oxygen atoms in total. The number of hydrogen-bond donors (Lipinski definition) is 0. The third-order valence-corrected chi connectivity index (χ3v) is 2.10. The average molecular weight is 209 g/mol. The minimum absolute atomic E-state index is 0.269. The minimum Gasteiger partial charge on any atom is -0.339 e. The first-order valence-electron chi connectivity index (χ1n) is 4.58. The van der Waals surface area contributed by atoms with Gasteiger partial charge < -0.3 is 4.90 Å². The first-order chi connectivity index (χ1) is 7.13. The Hall–Kier alpha value is -1.71. The number of nitrogens with zero attached hydrogens (tertiary/aromatic N) is 1. The van der Waals surface area contributed by atoms with Gasteiger partial charge >= 0.3 is 0 Å². The fourth-order valence-corrected chi connectivity index (χ4v) is 1.19. The van der Waals surface area contributed by atoms with E-state index in [9.17, 15) is 14.0 Å². The number of amides is 1. The lowest BCUT2D eigenvalue weighted by Crippen LogP contribution is -2.29. The van der Waals surface area contributed by atoms with E-state index in [1.165, 1.54) is 24.1 Å². The molecular formula is C11H12FNO2. The molecular weight excluding hydrogens is 197 g/mol. The van der Waals surface area contributed by atoms with Crippen molar-refractivity contribution in [1.82, 2.24) is 4.90 Å². The van der Waals surface area contributed by atoms with Gasteiger partial charge in [-0.1, -0.05) is 12.1 Å². The van der Waals surface area contributed by atoms with Gasteiger partial charge in [0.25, 0.3) is 5.91 Å². The summed E-state index contributed by atoms with van der Waals surface area (Å²) in [7, 11) is 1.54. The Morgan fingerprint density at radius 2 is 2.27 bits per heavy atom. The van der Waals surface area contributed by atoms with Crippen LogP contribution in [0.25, 0.3) is 0 Å². The highest BCUT2D eigenvalue weighted by Crippen LogP contribution is 2.04. The zero-order chi connectivity index (χ0) is 11.3. The van der Waals surface area contributed by atoms with E-state index in [-0.39, 0.29) is 12.1 Å². The van der Waals surface area contributed by atoms with Gasteiger partial charge in [0.05, 0.1) is 0 Å². The number of benzene rings is 1. The molecule has 1 rings (SSSR count). The Morgan fingerprint density at radius 1 is 1.53 bits per heavy atom. The fourth-order valence-electron chi connectivity index (χ4n) is 1.19. The van der Waals surface area contributed by atoms with Crippen LogP contribution in [-0.4, -0.2) is 30.7 Å². The van der Waals surface area contributed by atoms with Crippen LogP contribution in [0.3, 0.4) is 0 Å². The normalized spacial score (nSPS) is 9.73. The third-order valence-electron chi connectivity index (χ3n) is 2.10. The Kier molecular flexibility index (Phi) is 3.97. The lowest BCUT2D eigenvalue weighted by atomic mass is 10.1. The van der Waals surface area contributed by atoms with Crippen LogP contribution in [0.5, 0.6) is 0 Å². The van der Waals surface area contributed by atoms with Crippen molar-refractivity contribution in [3.63, 3.8) is 0 Å². The lowest BCUT2D eigenvalue weighted by molar-refractivity contribution is -0.137. The van der Waals surface area contributed by atoms with Crippen molar-refractivity contribution in [2.45, 2.75) is 6.42 Å². The zero-order valence-electron chi connectivity index (χ0n) is 8.44. The number of carbonyl (C=O) groups excluding carboxylic acids is 2. The monoisotopic (exact) mass is 209 g/mol. The molecule has 15 heavy (non-hydrogen) atoms. The Bertz CT molecular complexity index is 365. The molecule has 0 atom stereocenters. The molecule has 0 heterocycles. The number of hydrogen-bond acceptors (Lipinski definition) is 2. The second-order valence-corrected chi connectivity index (χ2v) is 3.26. The van der Waals surface area contributed by atoms with E-state index in [0.717, 1.165) is 5.56 Å². The number of aldehydes is 1. The second kappa shape index (κ2) is 5.24. The van der Waals surface area contributed by atoms with E-state index in [1.807, 2.05) is 0 Å². The SMILES string of the molecule is CN(CCc1cccc(F)c1)C(=O)C=O. The molecule has 0 spiro atoms. The Balaban J connectivity index is 2.50. The van der Waals surface area contributed by atoms with E-state index < -0.39 is 5.91 Å². The summed E-state index contributed by atoms with van der Waals surface area (Å²) in [6, 6.07) is 6.18. The molecule has 0 radical (unpaired) electrons. The van der Waals surface area contributed by atoms with Crippen LogP contribution < -0.4 is 0 Å². The number of rotatable bonds is 4. The lowest BCUT2D eigenvalue weighted by Gasteiger charge is -2.13. The van der Waals surface area contributed by atoms with E-state index in [2.05, 4.69) is 0 Å². The van der Waals surface area contributed by atoms with Crippen molar-refractivity contribution in [3.8, 4) is 0 Å². The molecule has 0 aromatic heterocycles. The van der Waals surface area contributed by atoms with Crippen molar-refractivity contribution < 1.29 is 14.0 Å². The topological polar surface area (TPSA) is 37.4 Å². The Labute approximate surface area is 87.5 Å². The highest BCUT2D eigenvalue weighted by molar-refractivity contribution is 6.23. The molecule has 0 aliphatic carbocycles. The van der Waals surface area contributed by atoms with Crippen molar-refractivity contribution in [2.75, 3.05) is 13.6 Å². The molecule has 80 valence electrons. The number of likely N-dealkylation sites (N-methyl/N-ethyl adjacent to an activating group) is 1. The predicted molar refractivity (Wildman–Crippen MR) is 53.8 cm³/mol. The van der Waals surface area contributed by atoms with Gasteiger partial charge in [-0.05, 0) is 24.1 Å². The molecule has 0 N–H and O–H groups in total. The van der Waals surface area contributed by atoms with Gasteiger partial charge in [-0.2, -0.15) is 0 Å². The van der Waals surface area contributed by atoms with Crippen LogP contribution in [0.2, 0.25) is 0 Å². The summed E-state index contributed by atoms with van der Waals surface area (Å²) in [6.07, 6.45) is 0.805. The molecule has 0 fully saturated rings. The van der Waals surface area contributed by atoms with E-state index >= 15 is 0 Å². The molecule has 0 saturated carbocycles. The summed E-state index contributed by atoms with van der Waals surface area (Å²) in [5.74, 6) is -0.858. The van der Waals surface area contributed by atoms with E-state index in [1.54, 1.807) is 12.1 Å². The maximum Gasteiger partial charge on any atom is 0.286 e. The maximum atomic E-state index is 12.8. The van der Waals surface area contributed by atoms with Crippen molar-refractivity contribution >= 4 is 12.2 Å². The van der Waals surface area contributed by atoms with Gasteiger partial charge in [-0.15, -0.1) is 0 Å². The molecule has 4 heteroatoms. The smallest absolute Gasteiger partial charge is 0.286 e. The average Bonchev–Trinajstić information content (AvgIpc) is 2.25. The maximum absolute atomic E-state index is 12.8. The third kappa shape index (κ3) is 3.50. The largest absolute Gasteiger partial charge is 0.339 e. The van der Waals surface area contributed by atoms with Gasteiger partial charge in [0, 0.05) is 13.6 Å². The molecule has 0 unspecified atom stereocenters. The summed E-state index contributed by atoms with van der Waals surface area (Å²) in [5.41, 5.74) is 0.806. The first kappa shape index (κ1) is 11.4. The summed E-state index contributed by atoms with van der Waals surface area (Å²) < 4.78 is 12.8. The molecule has 0 saturated heterocycles. The minimum atomic E-state index is -0.564. The van der Waals surface area contributed by atoms with Gasteiger partial charge in [0.1, 0.15) is 5.82 Å². The molecule has 0 aliphatic rings. The standard InChI is InChI=1S/C11H12FNO2/c1-13(11(15)8-14)6-5-9-3-2-4-10(12)7-9/h2-4,7-8H,5-6H2,1H3. The first-order valence-corrected chi connectivity index (χ1v) is 4.58. The van der Waals surface area contributed by atoms with Gasteiger partial charge in [-0.25, -0.2) is 4.39 Å². The zero-order valence-corrected chi connectivity index (χ0v) is 8.44.